The average Bonchev–Trinajstić information content (AvgIpc) is 2.99. The number of fused-ring (bicyclic) bond motifs is 7. The van der Waals surface area contributed by atoms with Crippen molar-refractivity contribution in [2.24, 2.45) is 11.8 Å². The van der Waals surface area contributed by atoms with E-state index in [4.69, 9.17) is 14.5 Å². The highest BCUT2D eigenvalue weighted by Gasteiger charge is 2.44. The number of nitrogens with zero attached hydrogens (tertiary/aromatic N) is 2. The summed E-state index contributed by atoms with van der Waals surface area (Å²) in [5, 5.41) is 5.97. The molecule has 4 heterocycles. The summed E-state index contributed by atoms with van der Waals surface area (Å²) in [7, 11) is 1.73. The standard InChI is InChI=1S/C34H34N2O2/c1-3-22-21-36-17-15-23(22)18-32(36)34(29-14-16-35-31-13-12-25(37-2)20-30(29)31)38-33-19-24-8-4-5-9-26(24)27-10-6-7-11-28(27)33/h4-14,16,19-20,22-23,32,34H,3,15,17-18,21H2,1-2H3/t22-,23-,32-,34+/m0/s1. The Labute approximate surface area is 224 Å². The molecule has 38 heavy (non-hydrogen) atoms. The van der Waals surface area contributed by atoms with Crippen LogP contribution in [0.4, 0.5) is 0 Å². The Hall–Kier alpha value is -3.63. The molecular formula is C34H34N2O2. The van der Waals surface area contributed by atoms with Gasteiger partial charge in [0.1, 0.15) is 17.6 Å². The Balaban J connectivity index is 1.41. The van der Waals surface area contributed by atoms with Crippen LogP contribution in [0.3, 0.4) is 0 Å². The van der Waals surface area contributed by atoms with E-state index in [9.17, 15) is 0 Å². The van der Waals surface area contributed by atoms with Crippen molar-refractivity contribution in [3.8, 4) is 11.5 Å². The molecule has 3 fully saturated rings. The predicted molar refractivity (Wildman–Crippen MR) is 155 cm³/mol. The van der Waals surface area contributed by atoms with Gasteiger partial charge in [-0.15, -0.1) is 0 Å². The second kappa shape index (κ2) is 9.59. The largest absolute Gasteiger partial charge is 0.497 e. The van der Waals surface area contributed by atoms with Gasteiger partial charge in [0, 0.05) is 29.1 Å². The van der Waals surface area contributed by atoms with Gasteiger partial charge in [0.15, 0.2) is 0 Å². The zero-order valence-electron chi connectivity index (χ0n) is 22.1. The maximum absolute atomic E-state index is 7.25. The molecule has 4 nitrogen and oxygen atoms in total. The van der Waals surface area contributed by atoms with E-state index in [1.165, 1.54) is 41.0 Å². The van der Waals surface area contributed by atoms with Gasteiger partial charge in [-0.2, -0.15) is 0 Å². The van der Waals surface area contributed by atoms with Gasteiger partial charge in [0.25, 0.3) is 0 Å². The minimum atomic E-state index is -0.113. The van der Waals surface area contributed by atoms with Crippen LogP contribution in [-0.2, 0) is 0 Å². The van der Waals surface area contributed by atoms with E-state index in [0.29, 0.717) is 6.04 Å². The number of aromatic nitrogens is 1. The summed E-state index contributed by atoms with van der Waals surface area (Å²) in [5.74, 6) is 3.35. The Bertz CT molecular complexity index is 1630. The zero-order chi connectivity index (χ0) is 25.6. The van der Waals surface area contributed by atoms with E-state index in [-0.39, 0.29) is 6.10 Å². The van der Waals surface area contributed by atoms with E-state index >= 15 is 0 Å². The number of hydrogen-bond donors (Lipinski definition) is 0. The summed E-state index contributed by atoms with van der Waals surface area (Å²) < 4.78 is 12.9. The van der Waals surface area contributed by atoms with Crippen LogP contribution in [0.15, 0.2) is 85.1 Å². The first-order chi connectivity index (χ1) is 18.7. The van der Waals surface area contributed by atoms with Crippen LogP contribution in [0, 0.1) is 11.8 Å². The summed E-state index contributed by atoms with van der Waals surface area (Å²) in [6.07, 6.45) is 5.54. The third-order valence-electron chi connectivity index (χ3n) is 9.08. The first-order valence-corrected chi connectivity index (χ1v) is 14.0. The van der Waals surface area contributed by atoms with E-state index < -0.39 is 0 Å². The van der Waals surface area contributed by atoms with Gasteiger partial charge < -0.3 is 9.47 Å². The van der Waals surface area contributed by atoms with E-state index in [1.807, 2.05) is 12.3 Å². The number of rotatable bonds is 6. The van der Waals surface area contributed by atoms with Crippen molar-refractivity contribution in [1.29, 1.82) is 0 Å². The molecule has 0 spiro atoms. The molecule has 0 N–H and O–H groups in total. The average molecular weight is 503 g/mol. The highest BCUT2D eigenvalue weighted by Crippen LogP contribution is 2.45. The Kier molecular flexibility index (Phi) is 5.93. The minimum absolute atomic E-state index is 0.113. The van der Waals surface area contributed by atoms with Crippen LogP contribution >= 0.6 is 0 Å². The molecule has 3 aliphatic heterocycles. The molecule has 1 unspecified atom stereocenters. The van der Waals surface area contributed by atoms with Crippen molar-refractivity contribution in [3.05, 3.63) is 90.6 Å². The monoisotopic (exact) mass is 502 g/mol. The van der Waals surface area contributed by atoms with E-state index in [0.717, 1.165) is 52.7 Å². The second-order valence-corrected chi connectivity index (χ2v) is 11.0. The van der Waals surface area contributed by atoms with Crippen molar-refractivity contribution in [2.45, 2.75) is 38.3 Å². The number of benzene rings is 4. The van der Waals surface area contributed by atoms with Crippen LogP contribution in [0.25, 0.3) is 32.4 Å². The summed E-state index contributed by atoms with van der Waals surface area (Å²) in [6.45, 7) is 4.66. The molecule has 0 aliphatic carbocycles. The highest BCUT2D eigenvalue weighted by atomic mass is 16.5. The number of methoxy groups -OCH3 is 1. The molecule has 192 valence electrons. The van der Waals surface area contributed by atoms with Gasteiger partial charge >= 0.3 is 0 Å². The third kappa shape index (κ3) is 3.90. The van der Waals surface area contributed by atoms with Gasteiger partial charge in [-0.25, -0.2) is 0 Å². The minimum Gasteiger partial charge on any atom is -0.497 e. The lowest BCUT2D eigenvalue weighted by molar-refractivity contribution is -0.0480. The Morgan fingerprint density at radius 2 is 1.74 bits per heavy atom. The Morgan fingerprint density at radius 1 is 0.921 bits per heavy atom. The first kappa shape index (κ1) is 23.5. The summed E-state index contributed by atoms with van der Waals surface area (Å²) >= 11 is 0. The van der Waals surface area contributed by atoms with Crippen LogP contribution in [-0.4, -0.2) is 36.1 Å². The molecule has 3 aliphatic rings. The molecule has 1 aromatic heterocycles. The third-order valence-corrected chi connectivity index (χ3v) is 9.08. The lowest BCUT2D eigenvalue weighted by Crippen LogP contribution is -2.56. The lowest BCUT2D eigenvalue weighted by atomic mass is 9.72. The molecular weight excluding hydrogens is 468 g/mol. The van der Waals surface area contributed by atoms with E-state index in [1.54, 1.807) is 7.11 Å². The van der Waals surface area contributed by atoms with Crippen molar-refractivity contribution in [1.82, 2.24) is 9.88 Å². The van der Waals surface area contributed by atoms with Crippen molar-refractivity contribution < 1.29 is 9.47 Å². The topological polar surface area (TPSA) is 34.6 Å². The molecule has 4 heteroatoms. The molecule has 3 saturated heterocycles. The smallest absolute Gasteiger partial charge is 0.140 e. The van der Waals surface area contributed by atoms with Gasteiger partial charge in [-0.05, 0) is 77.7 Å². The Morgan fingerprint density at radius 3 is 2.53 bits per heavy atom. The second-order valence-electron chi connectivity index (χ2n) is 11.0. The fourth-order valence-electron chi connectivity index (χ4n) is 7.08. The summed E-state index contributed by atoms with van der Waals surface area (Å²) in [6, 6.07) is 28.2. The number of piperidine rings is 3. The molecule has 4 aromatic carbocycles. The zero-order valence-corrected chi connectivity index (χ0v) is 22.1. The quantitative estimate of drug-likeness (QED) is 0.222. The van der Waals surface area contributed by atoms with Crippen LogP contribution in [0.2, 0.25) is 0 Å². The maximum atomic E-state index is 7.25. The van der Waals surface area contributed by atoms with E-state index in [2.05, 4.69) is 84.6 Å². The lowest BCUT2D eigenvalue weighted by Gasteiger charge is -2.52. The van der Waals surface area contributed by atoms with Gasteiger partial charge in [0.2, 0.25) is 0 Å². The van der Waals surface area contributed by atoms with Crippen LogP contribution in [0.5, 0.6) is 11.5 Å². The van der Waals surface area contributed by atoms with Crippen molar-refractivity contribution >= 4 is 32.4 Å². The molecule has 0 radical (unpaired) electrons. The number of pyridine rings is 1. The van der Waals surface area contributed by atoms with Crippen molar-refractivity contribution in [3.63, 3.8) is 0 Å². The molecule has 0 saturated carbocycles. The maximum Gasteiger partial charge on any atom is 0.140 e. The molecule has 5 aromatic rings. The normalized spacial score (nSPS) is 23.6. The highest BCUT2D eigenvalue weighted by molar-refractivity contribution is 6.10. The number of ether oxygens (including phenoxy) is 2. The predicted octanol–water partition coefficient (Wildman–Crippen LogP) is 7.79. The van der Waals surface area contributed by atoms with Gasteiger partial charge in [-0.3, -0.25) is 9.88 Å². The molecule has 2 bridgehead atoms. The SMILES string of the molecule is CC[C@H]1CN2CC[C@H]1C[C@H]2[C@H](Oc1cc2ccccc2c2ccccc12)c1ccnc2ccc(OC)cc12. The fraction of sp³-hybridized carbons (Fsp3) is 0.324. The number of hydrogen-bond acceptors (Lipinski definition) is 4. The van der Waals surface area contributed by atoms with Gasteiger partial charge in [-0.1, -0.05) is 61.9 Å². The van der Waals surface area contributed by atoms with Crippen LogP contribution in [0.1, 0.15) is 37.9 Å². The molecule has 8 rings (SSSR count). The summed E-state index contributed by atoms with van der Waals surface area (Å²) in [4.78, 5) is 7.39. The van der Waals surface area contributed by atoms with Crippen molar-refractivity contribution in [2.75, 3.05) is 20.2 Å². The summed E-state index contributed by atoms with van der Waals surface area (Å²) in [5.41, 5.74) is 2.17. The van der Waals surface area contributed by atoms with Gasteiger partial charge in [0.05, 0.1) is 18.7 Å². The first-order valence-electron chi connectivity index (χ1n) is 14.0. The fourth-order valence-corrected chi connectivity index (χ4v) is 7.08. The molecule has 5 atom stereocenters. The molecule has 0 amide bonds. The van der Waals surface area contributed by atoms with Crippen LogP contribution < -0.4 is 9.47 Å².